The van der Waals surface area contributed by atoms with E-state index >= 15 is 0 Å². The standard InChI is InChI=1S/C18H17ClN2O/c19-16-7-5-15(6-8-16)18(9-10-18)21-12-17(22)14-3-1-13(11-20)2-4-14/h1-8,17,21-22H,9-10,12H2. The summed E-state index contributed by atoms with van der Waals surface area (Å²) >= 11 is 5.93. The lowest BCUT2D eigenvalue weighted by Gasteiger charge is -2.21. The van der Waals surface area contributed by atoms with E-state index in [0.717, 1.165) is 23.4 Å². The SMILES string of the molecule is N#Cc1ccc(C(O)CNC2(c3ccc(Cl)cc3)CC2)cc1. The molecule has 1 saturated carbocycles. The van der Waals surface area contributed by atoms with Gasteiger partial charge in [0, 0.05) is 17.1 Å². The second-order valence-electron chi connectivity index (χ2n) is 5.72. The molecular formula is C18H17ClN2O. The molecule has 112 valence electrons. The van der Waals surface area contributed by atoms with Crippen LogP contribution in [0.1, 0.15) is 35.6 Å². The number of benzene rings is 2. The first kappa shape index (κ1) is 15.1. The number of rotatable bonds is 5. The molecule has 0 spiro atoms. The van der Waals surface area contributed by atoms with Crippen LogP contribution in [0.3, 0.4) is 0 Å². The van der Waals surface area contributed by atoms with Crippen LogP contribution in [0, 0.1) is 11.3 Å². The van der Waals surface area contributed by atoms with E-state index in [-0.39, 0.29) is 5.54 Å². The normalized spacial score (nSPS) is 16.8. The second-order valence-corrected chi connectivity index (χ2v) is 6.16. The maximum atomic E-state index is 10.3. The lowest BCUT2D eigenvalue weighted by atomic mass is 10.0. The number of halogens is 1. The van der Waals surface area contributed by atoms with E-state index in [2.05, 4.69) is 11.4 Å². The summed E-state index contributed by atoms with van der Waals surface area (Å²) in [6.45, 7) is 0.481. The molecule has 0 aliphatic heterocycles. The molecule has 0 heterocycles. The van der Waals surface area contributed by atoms with Gasteiger partial charge in [0.15, 0.2) is 0 Å². The van der Waals surface area contributed by atoms with Crippen LogP contribution >= 0.6 is 11.6 Å². The number of nitrogens with one attached hydrogen (secondary N) is 1. The zero-order valence-electron chi connectivity index (χ0n) is 12.1. The fraction of sp³-hybridized carbons (Fsp3) is 0.278. The van der Waals surface area contributed by atoms with Gasteiger partial charge in [-0.3, -0.25) is 0 Å². The molecule has 0 bridgehead atoms. The predicted octanol–water partition coefficient (Wildman–Crippen LogP) is 3.52. The number of nitrogens with zero attached hydrogens (tertiary/aromatic N) is 1. The van der Waals surface area contributed by atoms with Crippen LogP contribution in [-0.2, 0) is 5.54 Å². The van der Waals surface area contributed by atoms with Gasteiger partial charge in [-0.1, -0.05) is 35.9 Å². The Kier molecular flexibility index (Phi) is 4.17. The second kappa shape index (κ2) is 6.10. The number of hydrogen-bond acceptors (Lipinski definition) is 3. The smallest absolute Gasteiger partial charge is 0.0991 e. The van der Waals surface area contributed by atoms with Gasteiger partial charge in [0.25, 0.3) is 0 Å². The molecule has 1 fully saturated rings. The molecule has 1 aliphatic rings. The fourth-order valence-corrected chi connectivity index (χ4v) is 2.78. The molecule has 1 aliphatic carbocycles. The molecule has 4 heteroatoms. The van der Waals surface area contributed by atoms with Gasteiger partial charge >= 0.3 is 0 Å². The fourth-order valence-electron chi connectivity index (χ4n) is 2.65. The number of nitriles is 1. The van der Waals surface area contributed by atoms with Gasteiger partial charge in [-0.25, -0.2) is 0 Å². The van der Waals surface area contributed by atoms with Crippen molar-refractivity contribution >= 4 is 11.6 Å². The minimum atomic E-state index is -0.586. The van der Waals surface area contributed by atoms with Gasteiger partial charge in [0.1, 0.15) is 0 Å². The molecule has 0 aromatic heterocycles. The quantitative estimate of drug-likeness (QED) is 0.888. The lowest BCUT2D eigenvalue weighted by molar-refractivity contribution is 0.168. The van der Waals surface area contributed by atoms with Crippen LogP contribution in [0.2, 0.25) is 5.02 Å². The van der Waals surface area contributed by atoms with Crippen LogP contribution < -0.4 is 5.32 Å². The molecule has 0 radical (unpaired) electrons. The Morgan fingerprint density at radius 3 is 2.32 bits per heavy atom. The summed E-state index contributed by atoms with van der Waals surface area (Å²) in [4.78, 5) is 0. The molecule has 2 aromatic carbocycles. The summed E-state index contributed by atoms with van der Waals surface area (Å²) in [7, 11) is 0. The van der Waals surface area contributed by atoms with Gasteiger partial charge in [-0.2, -0.15) is 5.26 Å². The number of aliphatic hydroxyl groups is 1. The summed E-state index contributed by atoms with van der Waals surface area (Å²) in [6, 6.07) is 17.0. The van der Waals surface area contributed by atoms with Crippen molar-refractivity contribution in [1.29, 1.82) is 5.26 Å². The largest absolute Gasteiger partial charge is 0.387 e. The molecule has 0 saturated heterocycles. The van der Waals surface area contributed by atoms with Crippen LogP contribution in [0.25, 0.3) is 0 Å². The van der Waals surface area contributed by atoms with Crippen molar-refractivity contribution in [3.8, 4) is 6.07 Å². The van der Waals surface area contributed by atoms with E-state index in [1.807, 2.05) is 24.3 Å². The van der Waals surface area contributed by atoms with Crippen LogP contribution in [-0.4, -0.2) is 11.7 Å². The molecule has 0 amide bonds. The summed E-state index contributed by atoms with van der Waals surface area (Å²) in [5.41, 5.74) is 2.60. The molecule has 22 heavy (non-hydrogen) atoms. The summed E-state index contributed by atoms with van der Waals surface area (Å²) in [5.74, 6) is 0. The Morgan fingerprint density at radius 1 is 1.14 bits per heavy atom. The van der Waals surface area contributed by atoms with Gasteiger partial charge < -0.3 is 10.4 Å². The molecular weight excluding hydrogens is 296 g/mol. The monoisotopic (exact) mass is 312 g/mol. The molecule has 3 rings (SSSR count). The third-order valence-electron chi connectivity index (χ3n) is 4.21. The molecule has 2 aromatic rings. The molecule has 3 nitrogen and oxygen atoms in total. The zero-order chi connectivity index (χ0) is 15.6. The Bertz CT molecular complexity index is 685. The Morgan fingerprint density at radius 2 is 1.77 bits per heavy atom. The maximum Gasteiger partial charge on any atom is 0.0991 e. The molecule has 2 N–H and O–H groups in total. The van der Waals surface area contributed by atoms with Gasteiger partial charge in [0.05, 0.1) is 17.7 Å². The third kappa shape index (κ3) is 3.15. The maximum absolute atomic E-state index is 10.3. The van der Waals surface area contributed by atoms with Crippen molar-refractivity contribution in [3.63, 3.8) is 0 Å². The number of aliphatic hydroxyl groups excluding tert-OH is 1. The van der Waals surface area contributed by atoms with Crippen LogP contribution in [0.4, 0.5) is 0 Å². The van der Waals surface area contributed by atoms with Crippen molar-refractivity contribution in [1.82, 2.24) is 5.32 Å². The van der Waals surface area contributed by atoms with E-state index in [1.165, 1.54) is 5.56 Å². The lowest BCUT2D eigenvalue weighted by Crippen LogP contribution is -2.32. The average Bonchev–Trinajstić information content (AvgIpc) is 3.34. The summed E-state index contributed by atoms with van der Waals surface area (Å²) < 4.78 is 0. The Hall–Kier alpha value is -1.86. The molecule has 1 unspecified atom stereocenters. The highest BCUT2D eigenvalue weighted by Crippen LogP contribution is 2.45. The summed E-state index contributed by atoms with van der Waals surface area (Å²) in [6.07, 6.45) is 1.54. The van der Waals surface area contributed by atoms with Crippen molar-refractivity contribution in [2.75, 3.05) is 6.54 Å². The van der Waals surface area contributed by atoms with Crippen molar-refractivity contribution in [2.24, 2.45) is 0 Å². The minimum absolute atomic E-state index is 0.0296. The van der Waals surface area contributed by atoms with E-state index in [0.29, 0.717) is 12.1 Å². The Labute approximate surface area is 135 Å². The first-order chi connectivity index (χ1) is 10.6. The molecule has 1 atom stereocenters. The van der Waals surface area contributed by atoms with E-state index in [1.54, 1.807) is 24.3 Å². The first-order valence-corrected chi connectivity index (χ1v) is 7.70. The minimum Gasteiger partial charge on any atom is -0.387 e. The topological polar surface area (TPSA) is 56.0 Å². The van der Waals surface area contributed by atoms with Crippen LogP contribution in [0.15, 0.2) is 48.5 Å². The number of hydrogen-bond donors (Lipinski definition) is 2. The van der Waals surface area contributed by atoms with Crippen LogP contribution in [0.5, 0.6) is 0 Å². The highest BCUT2D eigenvalue weighted by Gasteiger charge is 2.43. The van der Waals surface area contributed by atoms with E-state index in [9.17, 15) is 5.11 Å². The van der Waals surface area contributed by atoms with Crippen molar-refractivity contribution in [2.45, 2.75) is 24.5 Å². The highest BCUT2D eigenvalue weighted by molar-refractivity contribution is 6.30. The van der Waals surface area contributed by atoms with Crippen molar-refractivity contribution < 1.29 is 5.11 Å². The third-order valence-corrected chi connectivity index (χ3v) is 4.46. The van der Waals surface area contributed by atoms with Gasteiger partial charge in [-0.05, 0) is 48.2 Å². The summed E-state index contributed by atoms with van der Waals surface area (Å²) in [5, 5.41) is 23.3. The van der Waals surface area contributed by atoms with Crippen molar-refractivity contribution in [3.05, 3.63) is 70.2 Å². The highest BCUT2D eigenvalue weighted by atomic mass is 35.5. The average molecular weight is 313 g/mol. The van der Waals surface area contributed by atoms with E-state index in [4.69, 9.17) is 16.9 Å². The zero-order valence-corrected chi connectivity index (χ0v) is 12.8. The van der Waals surface area contributed by atoms with Gasteiger partial charge in [-0.15, -0.1) is 0 Å². The van der Waals surface area contributed by atoms with E-state index < -0.39 is 6.10 Å². The van der Waals surface area contributed by atoms with Gasteiger partial charge in [0.2, 0.25) is 0 Å². The Balaban J connectivity index is 1.64. The first-order valence-electron chi connectivity index (χ1n) is 7.32. The predicted molar refractivity (Wildman–Crippen MR) is 86.5 cm³/mol.